The number of nitrogens with one attached hydrogen (secondary N) is 1. The van der Waals surface area contributed by atoms with Gasteiger partial charge < -0.3 is 19.4 Å². The number of methoxy groups -OCH3 is 1. The summed E-state index contributed by atoms with van der Waals surface area (Å²) in [4.78, 5) is 19.5. The van der Waals surface area contributed by atoms with Crippen molar-refractivity contribution in [3.8, 4) is 17.3 Å². The number of sulfone groups is 1. The second-order valence-electron chi connectivity index (χ2n) is 8.66. The summed E-state index contributed by atoms with van der Waals surface area (Å²) >= 11 is 0. The number of hydrogen-bond acceptors (Lipinski definition) is 8. The van der Waals surface area contributed by atoms with Gasteiger partial charge in [-0.3, -0.25) is 0 Å². The van der Waals surface area contributed by atoms with Gasteiger partial charge in [0.1, 0.15) is 16.2 Å². The van der Waals surface area contributed by atoms with Gasteiger partial charge in [-0.05, 0) is 32.8 Å². The van der Waals surface area contributed by atoms with Crippen LogP contribution in [0.5, 0.6) is 5.88 Å². The molecule has 2 aliphatic rings. The molecular formula is C22H27N5O4S. The lowest BCUT2D eigenvalue weighted by molar-refractivity contribution is 0.0985. The fourth-order valence-corrected chi connectivity index (χ4v) is 6.47. The maximum Gasteiger partial charge on any atom is 0.215 e. The van der Waals surface area contributed by atoms with Gasteiger partial charge in [0, 0.05) is 35.8 Å². The Kier molecular flexibility index (Phi) is 5.09. The molecule has 0 aromatic carbocycles. The molecule has 0 radical (unpaired) electrons. The van der Waals surface area contributed by atoms with E-state index < -0.39 is 14.6 Å². The molecule has 3 aromatic heterocycles. The molecule has 0 spiro atoms. The van der Waals surface area contributed by atoms with Crippen molar-refractivity contribution in [1.82, 2.24) is 19.9 Å². The highest BCUT2D eigenvalue weighted by Crippen LogP contribution is 2.42. The summed E-state index contributed by atoms with van der Waals surface area (Å²) in [6.45, 7) is 5.73. The Hall–Kier alpha value is -2.72. The molecule has 0 amide bonds. The normalized spacial score (nSPS) is 25.3. The Morgan fingerprint density at radius 2 is 2.12 bits per heavy atom. The van der Waals surface area contributed by atoms with Gasteiger partial charge in [-0.25, -0.2) is 18.4 Å². The zero-order valence-electron chi connectivity index (χ0n) is 18.5. The number of pyridine rings is 1. The average Bonchev–Trinajstić information content (AvgIpc) is 3.37. The first-order valence-corrected chi connectivity index (χ1v) is 12.5. The molecule has 1 N–H and O–H groups in total. The largest absolute Gasteiger partial charge is 0.481 e. The van der Waals surface area contributed by atoms with E-state index in [0.717, 1.165) is 10.9 Å². The summed E-state index contributed by atoms with van der Waals surface area (Å²) < 4.78 is 36.0. The van der Waals surface area contributed by atoms with Crippen molar-refractivity contribution in [3.63, 3.8) is 0 Å². The van der Waals surface area contributed by atoms with E-state index in [9.17, 15) is 8.42 Å². The molecule has 3 aromatic rings. The van der Waals surface area contributed by atoms with E-state index in [-0.39, 0.29) is 11.8 Å². The van der Waals surface area contributed by atoms with Crippen molar-refractivity contribution < 1.29 is 17.9 Å². The summed E-state index contributed by atoms with van der Waals surface area (Å²) in [6, 6.07) is 5.68. The highest BCUT2D eigenvalue weighted by molar-refractivity contribution is 7.92. The van der Waals surface area contributed by atoms with Crippen LogP contribution in [0.4, 0.5) is 5.82 Å². The van der Waals surface area contributed by atoms with E-state index >= 15 is 0 Å². The molecule has 10 heteroatoms. The molecule has 2 fully saturated rings. The molecular weight excluding hydrogens is 430 g/mol. The Morgan fingerprint density at radius 1 is 1.28 bits per heavy atom. The van der Waals surface area contributed by atoms with Crippen LogP contribution in [0.15, 0.2) is 24.4 Å². The lowest BCUT2D eigenvalue weighted by atomic mass is 10.0. The number of rotatable bonds is 4. The van der Waals surface area contributed by atoms with E-state index in [4.69, 9.17) is 19.4 Å². The van der Waals surface area contributed by atoms with Crippen LogP contribution in [0.25, 0.3) is 22.4 Å². The molecule has 2 atom stereocenters. The van der Waals surface area contributed by atoms with E-state index in [0.29, 0.717) is 61.5 Å². The van der Waals surface area contributed by atoms with Crippen LogP contribution in [0.2, 0.25) is 0 Å². The van der Waals surface area contributed by atoms with Crippen LogP contribution in [-0.4, -0.2) is 67.0 Å². The van der Waals surface area contributed by atoms with Crippen LogP contribution in [0, 0.1) is 0 Å². The number of nitrogens with zero attached hydrogens (tertiary/aromatic N) is 4. The summed E-state index contributed by atoms with van der Waals surface area (Å²) in [6.07, 6.45) is 2.98. The number of morpholine rings is 1. The molecule has 2 aliphatic heterocycles. The first-order chi connectivity index (χ1) is 15.3. The van der Waals surface area contributed by atoms with E-state index in [2.05, 4.69) is 21.8 Å². The van der Waals surface area contributed by atoms with E-state index in [1.165, 1.54) is 0 Å². The number of hydrogen-bond donors (Lipinski definition) is 1. The second-order valence-corrected chi connectivity index (χ2v) is 11.2. The molecule has 0 saturated carbocycles. The van der Waals surface area contributed by atoms with E-state index in [1.54, 1.807) is 26.3 Å². The highest BCUT2D eigenvalue weighted by Gasteiger charge is 2.47. The molecule has 2 saturated heterocycles. The van der Waals surface area contributed by atoms with Gasteiger partial charge in [0.05, 0.1) is 37.8 Å². The van der Waals surface area contributed by atoms with Crippen molar-refractivity contribution in [2.45, 2.75) is 37.5 Å². The molecule has 0 bridgehead atoms. The Bertz CT molecular complexity index is 1270. The Labute approximate surface area is 187 Å². The zero-order valence-corrected chi connectivity index (χ0v) is 19.3. The molecule has 5 heterocycles. The first kappa shape index (κ1) is 21.1. The van der Waals surface area contributed by atoms with Gasteiger partial charge in [0.25, 0.3) is 0 Å². The van der Waals surface area contributed by atoms with Crippen molar-refractivity contribution in [2.75, 3.05) is 37.5 Å². The molecule has 9 nitrogen and oxygen atoms in total. The quantitative estimate of drug-likeness (QED) is 0.637. The van der Waals surface area contributed by atoms with Gasteiger partial charge in [-0.1, -0.05) is 0 Å². The number of ether oxygens (including phenoxy) is 2. The first-order valence-electron chi connectivity index (χ1n) is 10.8. The molecule has 32 heavy (non-hydrogen) atoms. The van der Waals surface area contributed by atoms with Gasteiger partial charge in [-0.15, -0.1) is 0 Å². The third-order valence-electron chi connectivity index (χ3n) is 6.62. The number of anilines is 1. The van der Waals surface area contributed by atoms with Gasteiger partial charge in [-0.2, -0.15) is 4.98 Å². The predicted octanol–water partition coefficient (Wildman–Crippen LogP) is 2.68. The lowest BCUT2D eigenvalue weighted by Crippen LogP contribution is -2.44. The highest BCUT2D eigenvalue weighted by atomic mass is 32.2. The summed E-state index contributed by atoms with van der Waals surface area (Å²) in [7, 11) is -1.76. The molecule has 0 aliphatic carbocycles. The molecule has 5 rings (SSSR count). The van der Waals surface area contributed by atoms with Crippen LogP contribution in [0.3, 0.4) is 0 Å². The fourth-order valence-electron chi connectivity index (χ4n) is 4.61. The lowest BCUT2D eigenvalue weighted by Gasteiger charge is -2.35. The van der Waals surface area contributed by atoms with Crippen molar-refractivity contribution >= 4 is 26.7 Å². The third kappa shape index (κ3) is 3.32. The summed E-state index contributed by atoms with van der Waals surface area (Å²) in [5.41, 5.74) is 1.94. The predicted molar refractivity (Wildman–Crippen MR) is 122 cm³/mol. The zero-order chi connectivity index (χ0) is 22.5. The summed E-state index contributed by atoms with van der Waals surface area (Å²) in [5, 5.41) is 0.850. The Morgan fingerprint density at radius 3 is 2.84 bits per heavy atom. The number of aromatic nitrogens is 4. The third-order valence-corrected chi connectivity index (χ3v) is 9.24. The van der Waals surface area contributed by atoms with Gasteiger partial charge >= 0.3 is 0 Å². The number of aromatic amines is 1. The van der Waals surface area contributed by atoms with Crippen molar-refractivity contribution in [2.24, 2.45) is 0 Å². The molecule has 2 unspecified atom stereocenters. The maximum atomic E-state index is 13.0. The van der Waals surface area contributed by atoms with Crippen LogP contribution >= 0.6 is 0 Å². The topological polar surface area (TPSA) is 110 Å². The fraction of sp³-hybridized carbons (Fsp3) is 0.500. The van der Waals surface area contributed by atoms with Crippen LogP contribution in [-0.2, 0) is 19.3 Å². The SMILES string of the molecule is COc1cc(-c2nc(N3CCOCC3C)cc(C3(C)CCCS3(=O)=O)n2)c2cc[nH]c2n1. The number of fused-ring (bicyclic) bond motifs is 1. The summed E-state index contributed by atoms with van der Waals surface area (Å²) in [5.74, 6) is 1.79. The Balaban J connectivity index is 1.75. The second kappa shape index (κ2) is 7.70. The smallest absolute Gasteiger partial charge is 0.215 e. The van der Waals surface area contributed by atoms with E-state index in [1.807, 2.05) is 12.1 Å². The minimum absolute atomic E-state index is 0.117. The maximum absolute atomic E-state index is 13.0. The van der Waals surface area contributed by atoms with Crippen LogP contribution in [0.1, 0.15) is 32.4 Å². The van der Waals surface area contributed by atoms with Crippen LogP contribution < -0.4 is 9.64 Å². The van der Waals surface area contributed by atoms with Crippen molar-refractivity contribution in [1.29, 1.82) is 0 Å². The minimum atomic E-state index is -3.32. The van der Waals surface area contributed by atoms with Crippen molar-refractivity contribution in [3.05, 3.63) is 30.1 Å². The standard InChI is InChI=1S/C22H27N5O4S/c1-14-13-31-9-8-27(14)18-12-17(22(2)6-4-10-32(22,28)29)24-21(25-18)16-11-19(30-3)26-20-15(16)5-7-23-20/h5,7,11-12,14H,4,6,8-10,13H2,1-3H3,(H,23,26). The monoisotopic (exact) mass is 457 g/mol. The number of H-pyrrole nitrogens is 1. The van der Waals surface area contributed by atoms with Gasteiger partial charge in [0.2, 0.25) is 5.88 Å². The average molecular weight is 458 g/mol. The van der Waals surface area contributed by atoms with Gasteiger partial charge in [0.15, 0.2) is 15.7 Å². The molecule has 170 valence electrons. The minimum Gasteiger partial charge on any atom is -0.481 e.